The van der Waals surface area contributed by atoms with E-state index in [-0.39, 0.29) is 11.9 Å². The number of benzene rings is 1. The van der Waals surface area contributed by atoms with E-state index >= 15 is 0 Å². The summed E-state index contributed by atoms with van der Waals surface area (Å²) >= 11 is 3.48. The van der Waals surface area contributed by atoms with Crippen LogP contribution < -0.4 is 5.32 Å². The van der Waals surface area contributed by atoms with Crippen LogP contribution in [0.5, 0.6) is 0 Å². The molecule has 0 saturated heterocycles. The van der Waals surface area contributed by atoms with Crippen LogP contribution in [-0.4, -0.2) is 30.9 Å². The minimum Gasteiger partial charge on any atom is -0.347 e. The van der Waals surface area contributed by atoms with E-state index in [1.165, 1.54) is 0 Å². The molecule has 4 heteroatoms. The van der Waals surface area contributed by atoms with Gasteiger partial charge in [0.15, 0.2) is 0 Å². The second-order valence-corrected chi connectivity index (χ2v) is 4.78. The molecule has 0 saturated carbocycles. The minimum absolute atomic E-state index is 0.0899. The average Bonchev–Trinajstić information content (AvgIpc) is 2.26. The lowest BCUT2D eigenvalue weighted by molar-refractivity contribution is -0.130. The van der Waals surface area contributed by atoms with E-state index in [4.69, 9.17) is 0 Å². The fraction of sp³-hybridized carbons (Fsp3) is 0.417. The van der Waals surface area contributed by atoms with Crippen LogP contribution in [-0.2, 0) is 11.3 Å². The Balaban J connectivity index is 2.52. The zero-order valence-electron chi connectivity index (χ0n) is 9.83. The van der Waals surface area contributed by atoms with Gasteiger partial charge in [0.25, 0.3) is 0 Å². The van der Waals surface area contributed by atoms with E-state index in [1.54, 1.807) is 19.0 Å². The average molecular weight is 285 g/mol. The van der Waals surface area contributed by atoms with E-state index in [0.29, 0.717) is 6.54 Å². The third kappa shape index (κ3) is 3.61. The highest BCUT2D eigenvalue weighted by molar-refractivity contribution is 9.10. The Labute approximate surface area is 105 Å². The first-order valence-corrected chi connectivity index (χ1v) is 5.99. The van der Waals surface area contributed by atoms with Crippen molar-refractivity contribution in [1.29, 1.82) is 0 Å². The monoisotopic (exact) mass is 284 g/mol. The fourth-order valence-electron chi connectivity index (χ4n) is 1.38. The van der Waals surface area contributed by atoms with Crippen molar-refractivity contribution in [2.24, 2.45) is 0 Å². The van der Waals surface area contributed by atoms with Crippen molar-refractivity contribution >= 4 is 21.8 Å². The zero-order chi connectivity index (χ0) is 12.1. The SMILES string of the molecule is C[C@@H](NCc1ccccc1Br)C(=O)N(C)C. The third-order valence-corrected chi connectivity index (χ3v) is 3.14. The molecule has 1 N–H and O–H groups in total. The van der Waals surface area contributed by atoms with Gasteiger partial charge in [0.05, 0.1) is 6.04 Å². The Morgan fingerprint density at radius 1 is 1.44 bits per heavy atom. The molecule has 1 atom stereocenters. The summed E-state index contributed by atoms with van der Waals surface area (Å²) in [6.07, 6.45) is 0. The van der Waals surface area contributed by atoms with Crippen molar-refractivity contribution in [2.75, 3.05) is 14.1 Å². The molecule has 0 fully saturated rings. The quantitative estimate of drug-likeness (QED) is 0.918. The highest BCUT2D eigenvalue weighted by atomic mass is 79.9. The number of rotatable bonds is 4. The van der Waals surface area contributed by atoms with E-state index in [0.717, 1.165) is 10.0 Å². The Hall–Kier alpha value is -0.870. The molecule has 0 heterocycles. The maximum Gasteiger partial charge on any atom is 0.238 e. The van der Waals surface area contributed by atoms with Gasteiger partial charge < -0.3 is 10.2 Å². The van der Waals surface area contributed by atoms with Gasteiger partial charge in [-0.25, -0.2) is 0 Å². The van der Waals surface area contributed by atoms with Crippen LogP contribution in [0.4, 0.5) is 0 Å². The number of carbonyl (C=O) groups excluding carboxylic acids is 1. The van der Waals surface area contributed by atoms with Crippen molar-refractivity contribution < 1.29 is 4.79 Å². The summed E-state index contributed by atoms with van der Waals surface area (Å²) in [5.41, 5.74) is 1.15. The molecule has 16 heavy (non-hydrogen) atoms. The van der Waals surface area contributed by atoms with Crippen molar-refractivity contribution in [3.8, 4) is 0 Å². The van der Waals surface area contributed by atoms with Crippen LogP contribution in [0.3, 0.4) is 0 Å². The predicted molar refractivity (Wildman–Crippen MR) is 69.1 cm³/mol. The number of hydrogen-bond acceptors (Lipinski definition) is 2. The molecule has 1 amide bonds. The highest BCUT2D eigenvalue weighted by Crippen LogP contribution is 2.15. The summed E-state index contributed by atoms with van der Waals surface area (Å²) in [4.78, 5) is 13.2. The molecule has 0 spiro atoms. The van der Waals surface area contributed by atoms with Gasteiger partial charge in [0.1, 0.15) is 0 Å². The number of hydrogen-bond donors (Lipinski definition) is 1. The van der Waals surface area contributed by atoms with E-state index in [1.807, 2.05) is 31.2 Å². The van der Waals surface area contributed by atoms with Crippen LogP contribution in [0.15, 0.2) is 28.7 Å². The normalized spacial score (nSPS) is 12.2. The summed E-state index contributed by atoms with van der Waals surface area (Å²) in [5.74, 6) is 0.0899. The van der Waals surface area contributed by atoms with Crippen LogP contribution in [0.1, 0.15) is 12.5 Å². The Bertz CT molecular complexity index is 366. The molecule has 0 aliphatic heterocycles. The largest absolute Gasteiger partial charge is 0.347 e. The molecule has 0 aliphatic carbocycles. The van der Waals surface area contributed by atoms with Crippen molar-refractivity contribution in [1.82, 2.24) is 10.2 Å². The van der Waals surface area contributed by atoms with Crippen LogP contribution >= 0.6 is 15.9 Å². The van der Waals surface area contributed by atoms with Gasteiger partial charge >= 0.3 is 0 Å². The Kier molecular flexibility index (Phi) is 4.96. The number of carbonyl (C=O) groups is 1. The second-order valence-electron chi connectivity index (χ2n) is 3.93. The van der Waals surface area contributed by atoms with Gasteiger partial charge in [0, 0.05) is 25.1 Å². The topological polar surface area (TPSA) is 32.3 Å². The first-order valence-electron chi connectivity index (χ1n) is 5.20. The molecular weight excluding hydrogens is 268 g/mol. The third-order valence-electron chi connectivity index (χ3n) is 2.37. The predicted octanol–water partition coefficient (Wildman–Crippen LogP) is 2.02. The molecule has 88 valence electrons. The van der Waals surface area contributed by atoms with E-state index in [9.17, 15) is 4.79 Å². The van der Waals surface area contributed by atoms with Gasteiger partial charge in [-0.15, -0.1) is 0 Å². The van der Waals surface area contributed by atoms with E-state index in [2.05, 4.69) is 21.2 Å². The number of amides is 1. The standard InChI is InChI=1S/C12H17BrN2O/c1-9(12(16)15(2)3)14-8-10-6-4-5-7-11(10)13/h4-7,9,14H,8H2,1-3H3/t9-/m1/s1. The van der Waals surface area contributed by atoms with Crippen LogP contribution in [0, 0.1) is 0 Å². The van der Waals surface area contributed by atoms with Crippen molar-refractivity contribution in [2.45, 2.75) is 19.5 Å². The Morgan fingerprint density at radius 2 is 2.06 bits per heavy atom. The number of halogens is 1. The van der Waals surface area contributed by atoms with Gasteiger partial charge in [0.2, 0.25) is 5.91 Å². The molecule has 0 aliphatic rings. The molecule has 0 unspecified atom stereocenters. The summed E-state index contributed by atoms with van der Waals surface area (Å²) in [5, 5.41) is 3.20. The summed E-state index contributed by atoms with van der Waals surface area (Å²) in [6.45, 7) is 2.56. The molecule has 0 bridgehead atoms. The van der Waals surface area contributed by atoms with Crippen molar-refractivity contribution in [3.05, 3.63) is 34.3 Å². The van der Waals surface area contributed by atoms with E-state index < -0.39 is 0 Å². The van der Waals surface area contributed by atoms with Crippen molar-refractivity contribution in [3.63, 3.8) is 0 Å². The molecule has 0 aromatic heterocycles. The van der Waals surface area contributed by atoms with Gasteiger partial charge in [-0.05, 0) is 18.6 Å². The lowest BCUT2D eigenvalue weighted by atomic mass is 10.2. The molecule has 1 aromatic carbocycles. The van der Waals surface area contributed by atoms with Crippen LogP contribution in [0.25, 0.3) is 0 Å². The molecule has 0 radical (unpaired) electrons. The minimum atomic E-state index is -0.165. The molecule has 1 aromatic rings. The number of likely N-dealkylation sites (N-methyl/N-ethyl adjacent to an activating group) is 1. The lowest BCUT2D eigenvalue weighted by Crippen LogP contribution is -2.41. The molecule has 1 rings (SSSR count). The number of nitrogens with zero attached hydrogens (tertiary/aromatic N) is 1. The smallest absolute Gasteiger partial charge is 0.238 e. The summed E-state index contributed by atoms with van der Waals surface area (Å²) in [6, 6.07) is 7.82. The van der Waals surface area contributed by atoms with Crippen LogP contribution in [0.2, 0.25) is 0 Å². The van der Waals surface area contributed by atoms with Gasteiger partial charge in [-0.2, -0.15) is 0 Å². The van der Waals surface area contributed by atoms with Gasteiger partial charge in [-0.3, -0.25) is 4.79 Å². The first-order chi connectivity index (χ1) is 7.52. The fourth-order valence-corrected chi connectivity index (χ4v) is 1.80. The summed E-state index contributed by atoms with van der Waals surface area (Å²) in [7, 11) is 3.53. The molecular formula is C12H17BrN2O. The first kappa shape index (κ1) is 13.2. The summed E-state index contributed by atoms with van der Waals surface area (Å²) < 4.78 is 1.06. The number of nitrogens with one attached hydrogen (secondary N) is 1. The molecule has 3 nitrogen and oxygen atoms in total. The van der Waals surface area contributed by atoms with Gasteiger partial charge in [-0.1, -0.05) is 34.1 Å². The second kappa shape index (κ2) is 6.01. The zero-order valence-corrected chi connectivity index (χ0v) is 11.4. The maximum absolute atomic E-state index is 11.6. The Morgan fingerprint density at radius 3 is 2.62 bits per heavy atom. The highest BCUT2D eigenvalue weighted by Gasteiger charge is 2.13. The lowest BCUT2D eigenvalue weighted by Gasteiger charge is -2.18. The maximum atomic E-state index is 11.6.